The van der Waals surface area contributed by atoms with Crippen LogP contribution in [0.2, 0.25) is 0 Å². The van der Waals surface area contributed by atoms with Gasteiger partial charge in [0, 0.05) is 18.3 Å². The molecule has 2 aliphatic heterocycles. The third kappa shape index (κ3) is 2.84. The van der Waals surface area contributed by atoms with Crippen LogP contribution in [-0.2, 0) is 4.74 Å². The lowest BCUT2D eigenvalue weighted by Crippen LogP contribution is -2.48. The Balaban J connectivity index is 1.71. The van der Waals surface area contributed by atoms with Crippen LogP contribution in [0.25, 0.3) is 0 Å². The van der Waals surface area contributed by atoms with Crippen molar-refractivity contribution >= 4 is 11.8 Å². The number of hydrogen-bond donors (Lipinski definition) is 1. The maximum Gasteiger partial charge on any atom is 0.410 e. The Morgan fingerprint density at radius 2 is 1.90 bits per heavy atom. The molecule has 1 aromatic rings. The van der Waals surface area contributed by atoms with Crippen molar-refractivity contribution in [3.8, 4) is 0 Å². The minimum atomic E-state index is -0.441. The summed E-state index contributed by atoms with van der Waals surface area (Å²) in [6.45, 7) is 5.73. The highest BCUT2D eigenvalue weighted by Crippen LogP contribution is 2.41. The molecule has 0 aliphatic carbocycles. The van der Waals surface area contributed by atoms with Crippen LogP contribution in [0.1, 0.15) is 52.5 Å². The van der Waals surface area contributed by atoms with Gasteiger partial charge >= 0.3 is 6.09 Å². The van der Waals surface area contributed by atoms with Gasteiger partial charge in [0.15, 0.2) is 0 Å². The van der Waals surface area contributed by atoms with E-state index in [1.807, 2.05) is 36.5 Å². The predicted octanol–water partition coefficient (Wildman–Crippen LogP) is 2.57. The number of hydrogen-bond acceptors (Lipinski definition) is 4. The van der Waals surface area contributed by atoms with Crippen LogP contribution in [0.5, 0.6) is 0 Å². The molecule has 2 saturated heterocycles. The fourth-order valence-corrected chi connectivity index (χ4v) is 3.53. The Labute approximate surface area is 125 Å². The van der Waals surface area contributed by atoms with Crippen molar-refractivity contribution in [2.45, 2.75) is 70.2 Å². The molecule has 3 heterocycles. The van der Waals surface area contributed by atoms with Gasteiger partial charge in [-0.05, 0) is 46.5 Å². The summed E-state index contributed by atoms with van der Waals surface area (Å²) in [6, 6.07) is 0.849. The maximum absolute atomic E-state index is 12.4. The topological polar surface area (TPSA) is 73.4 Å². The second kappa shape index (κ2) is 4.93. The van der Waals surface area contributed by atoms with E-state index in [1.54, 1.807) is 6.20 Å². The van der Waals surface area contributed by atoms with E-state index in [1.165, 1.54) is 0 Å². The summed E-state index contributed by atoms with van der Waals surface area (Å²) in [5.74, 6) is 0. The van der Waals surface area contributed by atoms with Crippen molar-refractivity contribution in [2.75, 3.05) is 5.73 Å². The average molecular weight is 292 g/mol. The van der Waals surface area contributed by atoms with Gasteiger partial charge in [-0.15, -0.1) is 0 Å². The molecule has 2 aliphatic rings. The number of nitrogens with two attached hydrogens (primary N) is 1. The van der Waals surface area contributed by atoms with Crippen molar-refractivity contribution in [2.24, 2.45) is 0 Å². The van der Waals surface area contributed by atoms with Gasteiger partial charge in [-0.2, -0.15) is 5.10 Å². The third-order valence-corrected chi connectivity index (χ3v) is 4.31. The van der Waals surface area contributed by atoms with Gasteiger partial charge in [0.1, 0.15) is 5.60 Å². The van der Waals surface area contributed by atoms with E-state index >= 15 is 0 Å². The largest absolute Gasteiger partial charge is 0.444 e. The minimum absolute atomic E-state index is 0.173. The van der Waals surface area contributed by atoms with Gasteiger partial charge in [0.2, 0.25) is 0 Å². The number of piperidine rings is 1. The number of carbonyl (C=O) groups is 1. The number of ether oxygens (including phenoxy) is 1. The molecule has 0 spiro atoms. The number of nitrogen functional groups attached to an aromatic ring is 1. The van der Waals surface area contributed by atoms with E-state index < -0.39 is 5.60 Å². The van der Waals surface area contributed by atoms with E-state index in [4.69, 9.17) is 10.5 Å². The molecule has 2 fully saturated rings. The van der Waals surface area contributed by atoms with Crippen LogP contribution in [0.15, 0.2) is 12.4 Å². The Bertz CT molecular complexity index is 520. The first kappa shape index (κ1) is 14.2. The normalized spacial score (nSPS) is 28.7. The zero-order valence-electron chi connectivity index (χ0n) is 13.0. The monoisotopic (exact) mass is 292 g/mol. The highest BCUT2D eigenvalue weighted by atomic mass is 16.6. The maximum atomic E-state index is 12.4. The van der Waals surface area contributed by atoms with Crippen LogP contribution in [0, 0.1) is 0 Å². The van der Waals surface area contributed by atoms with Crippen LogP contribution < -0.4 is 5.73 Å². The van der Waals surface area contributed by atoms with Crippen LogP contribution in [0.3, 0.4) is 0 Å². The molecule has 21 heavy (non-hydrogen) atoms. The Morgan fingerprint density at radius 1 is 1.29 bits per heavy atom. The number of nitrogens with zero attached hydrogens (tertiary/aromatic N) is 3. The van der Waals surface area contributed by atoms with Crippen LogP contribution >= 0.6 is 0 Å². The van der Waals surface area contributed by atoms with Gasteiger partial charge in [-0.3, -0.25) is 4.68 Å². The summed E-state index contributed by atoms with van der Waals surface area (Å²) in [4.78, 5) is 14.3. The van der Waals surface area contributed by atoms with E-state index in [2.05, 4.69) is 5.10 Å². The number of aromatic nitrogens is 2. The average Bonchev–Trinajstić information content (AvgIpc) is 2.89. The van der Waals surface area contributed by atoms with Crippen molar-refractivity contribution in [3.63, 3.8) is 0 Å². The van der Waals surface area contributed by atoms with E-state index in [0.717, 1.165) is 25.7 Å². The lowest BCUT2D eigenvalue weighted by Gasteiger charge is -2.39. The molecule has 0 unspecified atom stereocenters. The number of carbonyl (C=O) groups excluding carboxylic acids is 1. The van der Waals surface area contributed by atoms with Gasteiger partial charge in [0.05, 0.1) is 17.9 Å². The number of anilines is 1. The molecule has 0 saturated carbocycles. The lowest BCUT2D eigenvalue weighted by molar-refractivity contribution is 0.00232. The molecular formula is C15H24N4O2. The standard InChI is InChI=1S/C15H24N4O2/c1-15(2,3)21-14(20)19-11-4-5-12(19)7-13(6-11)18-9-10(16)8-17-18/h8-9,11-13H,4-7,16H2,1-3H3/t11-,12-/m1/s1. The molecule has 0 radical (unpaired) electrons. The minimum Gasteiger partial charge on any atom is -0.444 e. The summed E-state index contributed by atoms with van der Waals surface area (Å²) < 4.78 is 7.50. The summed E-state index contributed by atoms with van der Waals surface area (Å²) in [6.07, 6.45) is 7.35. The quantitative estimate of drug-likeness (QED) is 0.863. The Hall–Kier alpha value is -1.72. The first-order valence-electron chi connectivity index (χ1n) is 7.64. The lowest BCUT2D eigenvalue weighted by atomic mass is 9.98. The number of amides is 1. The SMILES string of the molecule is CC(C)(C)OC(=O)N1[C@@H]2CC[C@@H]1CC(n1cc(N)cn1)C2. The molecule has 116 valence electrons. The summed E-state index contributed by atoms with van der Waals surface area (Å²) >= 11 is 0. The molecule has 2 atom stereocenters. The zero-order valence-corrected chi connectivity index (χ0v) is 13.0. The molecular weight excluding hydrogens is 268 g/mol. The molecule has 3 rings (SSSR count). The highest BCUT2D eigenvalue weighted by Gasteiger charge is 2.45. The molecule has 0 aromatic carbocycles. The summed E-state index contributed by atoms with van der Waals surface area (Å²) in [5, 5.41) is 4.32. The second-order valence-corrected chi connectivity index (χ2v) is 7.15. The fourth-order valence-electron chi connectivity index (χ4n) is 3.53. The molecule has 2 N–H and O–H groups in total. The summed E-state index contributed by atoms with van der Waals surface area (Å²) in [7, 11) is 0. The Morgan fingerprint density at radius 3 is 2.38 bits per heavy atom. The number of fused-ring (bicyclic) bond motifs is 2. The van der Waals surface area contributed by atoms with Crippen molar-refractivity contribution in [1.29, 1.82) is 0 Å². The van der Waals surface area contributed by atoms with E-state index in [9.17, 15) is 4.79 Å². The number of rotatable bonds is 1. The molecule has 6 heteroatoms. The Kier molecular flexibility index (Phi) is 3.34. The van der Waals surface area contributed by atoms with E-state index in [0.29, 0.717) is 11.7 Å². The van der Waals surface area contributed by atoms with Crippen molar-refractivity contribution in [1.82, 2.24) is 14.7 Å². The molecule has 1 amide bonds. The van der Waals surface area contributed by atoms with Gasteiger partial charge in [-0.1, -0.05) is 0 Å². The first-order chi connectivity index (χ1) is 9.83. The smallest absolute Gasteiger partial charge is 0.410 e. The zero-order chi connectivity index (χ0) is 15.2. The summed E-state index contributed by atoms with van der Waals surface area (Å²) in [5.41, 5.74) is 6.00. The van der Waals surface area contributed by atoms with E-state index in [-0.39, 0.29) is 18.2 Å². The molecule has 6 nitrogen and oxygen atoms in total. The molecule has 1 aromatic heterocycles. The van der Waals surface area contributed by atoms with Crippen molar-refractivity contribution in [3.05, 3.63) is 12.4 Å². The van der Waals surface area contributed by atoms with Crippen molar-refractivity contribution < 1.29 is 9.53 Å². The van der Waals surface area contributed by atoms with Crippen LogP contribution in [0.4, 0.5) is 10.5 Å². The van der Waals surface area contributed by atoms with Gasteiger partial charge in [0.25, 0.3) is 0 Å². The molecule has 2 bridgehead atoms. The second-order valence-electron chi connectivity index (χ2n) is 7.15. The van der Waals surface area contributed by atoms with Crippen LogP contribution in [-0.4, -0.2) is 38.5 Å². The predicted molar refractivity (Wildman–Crippen MR) is 79.8 cm³/mol. The first-order valence-corrected chi connectivity index (χ1v) is 7.64. The van der Waals surface area contributed by atoms with Gasteiger partial charge < -0.3 is 15.4 Å². The fraction of sp³-hybridized carbons (Fsp3) is 0.733. The highest BCUT2D eigenvalue weighted by molar-refractivity contribution is 5.69. The van der Waals surface area contributed by atoms with Gasteiger partial charge in [-0.25, -0.2) is 4.79 Å². The third-order valence-electron chi connectivity index (χ3n) is 4.31.